The first-order chi connectivity index (χ1) is 10.2. The van der Waals surface area contributed by atoms with Gasteiger partial charge in [0.15, 0.2) is 11.4 Å². The molecule has 0 spiro atoms. The number of β-amino-alcohol motifs (C(OH)–C–C–N with tert-alkyl or cyclic N) is 1. The van der Waals surface area contributed by atoms with Gasteiger partial charge in [0.1, 0.15) is 16.4 Å². The lowest BCUT2D eigenvalue weighted by molar-refractivity contribution is 0.0194. The van der Waals surface area contributed by atoms with Crippen molar-refractivity contribution in [2.75, 3.05) is 13.1 Å². The molecule has 1 fully saturated rings. The van der Waals surface area contributed by atoms with E-state index in [-0.39, 0.29) is 30.3 Å². The zero-order valence-corrected chi connectivity index (χ0v) is 13.3. The molecule has 9 heteroatoms. The summed E-state index contributed by atoms with van der Waals surface area (Å²) < 4.78 is 36.9. The average Bonchev–Trinajstić information content (AvgIpc) is 3.10. The topological polar surface area (TPSA) is 110 Å². The summed E-state index contributed by atoms with van der Waals surface area (Å²) in [5.41, 5.74) is -1.46. The average molecular weight is 327 g/mol. The van der Waals surface area contributed by atoms with Gasteiger partial charge in [-0.1, -0.05) is 5.16 Å². The lowest BCUT2D eigenvalue weighted by atomic mass is 10.0. The molecule has 0 saturated carbocycles. The Morgan fingerprint density at radius 1 is 1.36 bits per heavy atom. The monoisotopic (exact) mass is 327 g/mol. The van der Waals surface area contributed by atoms with Crippen molar-refractivity contribution in [3.05, 3.63) is 29.3 Å². The van der Waals surface area contributed by atoms with Crippen LogP contribution in [-0.2, 0) is 15.6 Å². The number of aromatic nitrogens is 2. The van der Waals surface area contributed by atoms with Crippen LogP contribution in [0, 0.1) is 20.8 Å². The van der Waals surface area contributed by atoms with Crippen LogP contribution < -0.4 is 0 Å². The number of rotatable bonds is 3. The van der Waals surface area contributed by atoms with Gasteiger partial charge in [0.25, 0.3) is 5.89 Å². The molecule has 120 valence electrons. The SMILES string of the molecule is Cc1noc([C@]2(O)CCN(S(=O)(=O)c3cc(C)oc3C)C2)n1. The largest absolute Gasteiger partial charge is 0.465 e. The second-order valence-corrected chi connectivity index (χ2v) is 7.45. The van der Waals surface area contributed by atoms with Crippen LogP contribution in [0.25, 0.3) is 0 Å². The van der Waals surface area contributed by atoms with Gasteiger partial charge in [-0.2, -0.15) is 9.29 Å². The smallest absolute Gasteiger partial charge is 0.260 e. The van der Waals surface area contributed by atoms with Gasteiger partial charge in [-0.3, -0.25) is 0 Å². The molecule has 1 aliphatic heterocycles. The molecule has 0 unspecified atom stereocenters. The second kappa shape index (κ2) is 4.90. The van der Waals surface area contributed by atoms with E-state index in [4.69, 9.17) is 8.94 Å². The third-order valence-electron chi connectivity index (χ3n) is 3.75. The van der Waals surface area contributed by atoms with Crippen molar-refractivity contribution < 1.29 is 22.5 Å². The van der Waals surface area contributed by atoms with Crippen LogP contribution in [-0.4, -0.2) is 41.1 Å². The number of nitrogens with zero attached hydrogens (tertiary/aromatic N) is 3. The highest BCUT2D eigenvalue weighted by Crippen LogP contribution is 2.35. The Hall–Kier alpha value is -1.71. The van der Waals surface area contributed by atoms with E-state index in [0.29, 0.717) is 17.3 Å². The van der Waals surface area contributed by atoms with Crippen LogP contribution >= 0.6 is 0 Å². The van der Waals surface area contributed by atoms with Crippen molar-refractivity contribution >= 4 is 10.0 Å². The molecule has 0 aliphatic carbocycles. The van der Waals surface area contributed by atoms with Crippen molar-refractivity contribution in [2.45, 2.75) is 37.7 Å². The summed E-state index contributed by atoms with van der Waals surface area (Å²) in [7, 11) is -3.73. The summed E-state index contributed by atoms with van der Waals surface area (Å²) >= 11 is 0. The van der Waals surface area contributed by atoms with Crippen molar-refractivity contribution in [3.8, 4) is 0 Å². The molecular formula is C13H17N3O5S. The lowest BCUT2D eigenvalue weighted by Crippen LogP contribution is -2.34. The molecule has 1 saturated heterocycles. The summed E-state index contributed by atoms with van der Waals surface area (Å²) in [4.78, 5) is 4.13. The van der Waals surface area contributed by atoms with Crippen LogP contribution in [0.2, 0.25) is 0 Å². The van der Waals surface area contributed by atoms with Crippen LogP contribution in [0.3, 0.4) is 0 Å². The Balaban J connectivity index is 1.90. The molecule has 1 atom stereocenters. The van der Waals surface area contributed by atoms with Crippen LogP contribution in [0.15, 0.2) is 19.9 Å². The molecule has 3 heterocycles. The molecule has 0 aromatic carbocycles. The maximum atomic E-state index is 12.7. The van der Waals surface area contributed by atoms with Crippen LogP contribution in [0.1, 0.15) is 29.7 Å². The maximum Gasteiger partial charge on any atom is 0.260 e. The number of aliphatic hydroxyl groups is 1. The Kier molecular flexibility index (Phi) is 3.38. The van der Waals surface area contributed by atoms with E-state index in [0.717, 1.165) is 0 Å². The highest BCUT2D eigenvalue weighted by atomic mass is 32.2. The van der Waals surface area contributed by atoms with E-state index in [9.17, 15) is 13.5 Å². The number of furan rings is 1. The first-order valence-electron chi connectivity index (χ1n) is 6.83. The number of sulfonamides is 1. The summed E-state index contributed by atoms with van der Waals surface area (Å²) in [5.74, 6) is 1.30. The molecule has 1 aliphatic rings. The highest BCUT2D eigenvalue weighted by molar-refractivity contribution is 7.89. The first-order valence-corrected chi connectivity index (χ1v) is 8.27. The van der Waals surface area contributed by atoms with Gasteiger partial charge in [0.2, 0.25) is 10.0 Å². The Labute approximate surface area is 127 Å². The molecular weight excluding hydrogens is 310 g/mol. The summed E-state index contributed by atoms with van der Waals surface area (Å²) in [5, 5.41) is 14.2. The number of aryl methyl sites for hydroxylation is 3. The minimum Gasteiger partial charge on any atom is -0.465 e. The van der Waals surface area contributed by atoms with E-state index in [1.807, 2.05) is 0 Å². The van der Waals surface area contributed by atoms with E-state index in [2.05, 4.69) is 10.1 Å². The van der Waals surface area contributed by atoms with Crippen LogP contribution in [0.4, 0.5) is 0 Å². The van der Waals surface area contributed by atoms with E-state index >= 15 is 0 Å². The highest BCUT2D eigenvalue weighted by Gasteiger charge is 2.47. The normalized spacial score (nSPS) is 23.3. The molecule has 2 aromatic heterocycles. The minimum absolute atomic E-state index is 0.0443. The molecule has 0 amide bonds. The predicted molar refractivity (Wildman–Crippen MR) is 74.5 cm³/mol. The predicted octanol–water partition coefficient (Wildman–Crippen LogP) is 0.870. The minimum atomic E-state index is -3.73. The third kappa shape index (κ3) is 2.34. The Morgan fingerprint density at radius 3 is 2.64 bits per heavy atom. The summed E-state index contributed by atoms with van der Waals surface area (Å²) in [6.45, 7) is 4.97. The van der Waals surface area contributed by atoms with Crippen LogP contribution in [0.5, 0.6) is 0 Å². The van der Waals surface area contributed by atoms with Gasteiger partial charge < -0.3 is 14.0 Å². The van der Waals surface area contributed by atoms with E-state index in [1.165, 1.54) is 10.4 Å². The number of hydrogen-bond donors (Lipinski definition) is 1. The van der Waals surface area contributed by atoms with Crippen molar-refractivity contribution in [2.24, 2.45) is 0 Å². The standard InChI is InChI=1S/C13H17N3O5S/c1-8-6-11(9(2)20-8)22(18,19)16-5-4-13(17,7-16)12-14-10(3)15-21-12/h6,17H,4-5,7H2,1-3H3/t13-/m0/s1. The molecule has 1 N–H and O–H groups in total. The second-order valence-electron chi connectivity index (χ2n) is 5.54. The van der Waals surface area contributed by atoms with Crippen molar-refractivity contribution in [1.29, 1.82) is 0 Å². The maximum absolute atomic E-state index is 12.7. The molecule has 3 rings (SSSR count). The number of hydrogen-bond acceptors (Lipinski definition) is 7. The van der Waals surface area contributed by atoms with Gasteiger partial charge in [-0.25, -0.2) is 8.42 Å². The summed E-state index contributed by atoms with van der Waals surface area (Å²) in [6, 6.07) is 1.49. The van der Waals surface area contributed by atoms with E-state index < -0.39 is 15.6 Å². The fourth-order valence-electron chi connectivity index (χ4n) is 2.63. The lowest BCUT2D eigenvalue weighted by Gasteiger charge is -2.19. The van der Waals surface area contributed by atoms with Gasteiger partial charge in [0.05, 0.1) is 6.54 Å². The summed E-state index contributed by atoms with van der Waals surface area (Å²) in [6.07, 6.45) is 0.198. The molecule has 0 bridgehead atoms. The Bertz CT molecular complexity index is 810. The van der Waals surface area contributed by atoms with Gasteiger partial charge >= 0.3 is 0 Å². The van der Waals surface area contributed by atoms with Gasteiger partial charge in [-0.15, -0.1) is 0 Å². The van der Waals surface area contributed by atoms with Gasteiger partial charge in [-0.05, 0) is 26.8 Å². The first kappa shape index (κ1) is 15.2. The molecule has 8 nitrogen and oxygen atoms in total. The third-order valence-corrected chi connectivity index (χ3v) is 5.70. The fourth-order valence-corrected chi connectivity index (χ4v) is 4.34. The zero-order valence-electron chi connectivity index (χ0n) is 12.5. The Morgan fingerprint density at radius 2 is 2.09 bits per heavy atom. The quantitative estimate of drug-likeness (QED) is 0.890. The fraction of sp³-hybridized carbons (Fsp3) is 0.538. The van der Waals surface area contributed by atoms with E-state index in [1.54, 1.807) is 20.8 Å². The van der Waals surface area contributed by atoms with Gasteiger partial charge in [0, 0.05) is 13.0 Å². The molecule has 0 radical (unpaired) electrons. The molecule has 2 aromatic rings. The molecule has 22 heavy (non-hydrogen) atoms. The zero-order chi connectivity index (χ0) is 16.1. The van der Waals surface area contributed by atoms with Crippen molar-refractivity contribution in [3.63, 3.8) is 0 Å². The van der Waals surface area contributed by atoms with Crippen molar-refractivity contribution in [1.82, 2.24) is 14.4 Å².